The van der Waals surface area contributed by atoms with Crippen LogP contribution in [0.5, 0.6) is 0 Å². The Balaban J connectivity index is 4.44. The van der Waals surface area contributed by atoms with Crippen LogP contribution in [0.1, 0.15) is 0 Å². The third kappa shape index (κ3) is 3.87. The van der Waals surface area contributed by atoms with E-state index in [4.69, 9.17) is 0 Å². The van der Waals surface area contributed by atoms with E-state index in [9.17, 15) is 18.0 Å². The van der Waals surface area contributed by atoms with Crippen molar-refractivity contribution in [3.05, 3.63) is 0 Å². The van der Waals surface area contributed by atoms with Gasteiger partial charge in [-0.3, -0.25) is 0 Å². The number of carbonyl (C=O) groups excluding carboxylic acids is 2. The van der Waals surface area contributed by atoms with Gasteiger partial charge in [-0.1, -0.05) is 4.40 Å². The minimum Gasteiger partial charge on any atom is -0.233 e. The molecule has 0 bridgehead atoms. The average Bonchev–Trinajstić information content (AvgIpc) is 1.84. The van der Waals surface area contributed by atoms with E-state index in [1.165, 1.54) is 0 Å². The second-order valence-electron chi connectivity index (χ2n) is 1.14. The third-order valence-electron chi connectivity index (χ3n) is 0.469. The molecule has 10 heavy (non-hydrogen) atoms. The molecule has 8 heteroatoms. The van der Waals surface area contributed by atoms with Crippen LogP contribution in [0.2, 0.25) is 0 Å². The number of rotatable bonds is 3. The summed E-state index contributed by atoms with van der Waals surface area (Å²) in [5.74, 6) is 0. The van der Waals surface area contributed by atoms with Crippen molar-refractivity contribution >= 4 is 30.5 Å². The minimum atomic E-state index is -3.78. The average molecular weight is 178 g/mol. The Labute approximate surface area is 58.3 Å². The molecule has 0 fully saturated rings. The predicted molar refractivity (Wildman–Crippen MR) is 33.7 cm³/mol. The molecule has 0 aliphatic heterocycles. The summed E-state index contributed by atoms with van der Waals surface area (Å²) < 4.78 is 26.0. The molecule has 0 rings (SSSR count). The van der Waals surface area contributed by atoms with E-state index in [1.807, 2.05) is 0 Å². The van der Waals surface area contributed by atoms with Gasteiger partial charge in [0.05, 0.1) is 0 Å². The van der Waals surface area contributed by atoms with Crippen LogP contribution in [0.15, 0.2) is 9.06 Å². The minimum absolute atomic E-state index is 0.849. The highest BCUT2D eigenvalue weighted by atomic mass is 32.4. The molecule has 0 aliphatic carbocycles. The van der Waals surface area contributed by atoms with Crippen LogP contribution in [0.3, 0.4) is 0 Å². The molecule has 0 saturated carbocycles. The van der Waals surface area contributed by atoms with Gasteiger partial charge in [0, 0.05) is 0 Å². The van der Waals surface area contributed by atoms with Crippen molar-refractivity contribution in [3.63, 3.8) is 0 Å². The van der Waals surface area contributed by atoms with Gasteiger partial charge in [-0.25, -0.2) is 22.7 Å². The van der Waals surface area contributed by atoms with Crippen molar-refractivity contribution in [1.29, 1.82) is 0 Å². The van der Waals surface area contributed by atoms with Crippen molar-refractivity contribution in [2.24, 2.45) is 9.06 Å². The number of hydrogen-bond donors (Lipinski definition) is 0. The molecular weight excluding hydrogens is 176 g/mol. The molecule has 0 unspecified atom stereocenters. The Kier molecular flexibility index (Phi) is 3.45. The van der Waals surface area contributed by atoms with E-state index in [0.29, 0.717) is 0 Å². The first-order valence-corrected chi connectivity index (χ1v) is 5.95. The normalized spacial score (nSPS) is 10.4. The SMILES string of the molecule is O=C=N[SiH2]S(=O)(=O)N=C=O. The smallest absolute Gasteiger partial charge is 0.233 e. The fraction of sp³-hybridized carbons (Fsp3) is 0. The summed E-state index contributed by atoms with van der Waals surface area (Å²) in [6.45, 7) is 0. The maximum absolute atomic E-state index is 10.3. The Bertz CT molecular complexity index is 295. The summed E-state index contributed by atoms with van der Waals surface area (Å²) in [4.78, 5) is 18.8. The molecule has 0 heterocycles. The first-order chi connectivity index (χ1) is 4.62. The molecule has 0 N–H and O–H groups in total. The van der Waals surface area contributed by atoms with Crippen molar-refractivity contribution in [2.75, 3.05) is 0 Å². The van der Waals surface area contributed by atoms with E-state index in [2.05, 4.69) is 9.06 Å². The van der Waals surface area contributed by atoms with Gasteiger partial charge in [0.2, 0.25) is 15.6 Å². The van der Waals surface area contributed by atoms with Gasteiger partial charge >= 0.3 is 8.83 Å². The predicted octanol–water partition coefficient (Wildman–Crippen LogP) is -2.01. The monoisotopic (exact) mass is 178 g/mol. The van der Waals surface area contributed by atoms with Gasteiger partial charge in [0.25, 0.3) is 6.08 Å². The van der Waals surface area contributed by atoms with Crippen molar-refractivity contribution < 1.29 is 18.0 Å². The largest absolute Gasteiger partial charge is 0.330 e. The summed E-state index contributed by atoms with van der Waals surface area (Å²) >= 11 is 0. The molecule has 0 saturated heterocycles. The molecule has 0 aromatic rings. The lowest BCUT2D eigenvalue weighted by atomic mass is 11.7. The lowest BCUT2D eigenvalue weighted by Gasteiger charge is -1.81. The van der Waals surface area contributed by atoms with E-state index in [-0.39, 0.29) is 0 Å². The second kappa shape index (κ2) is 3.86. The summed E-state index contributed by atoms with van der Waals surface area (Å²) in [6.07, 6.45) is 1.90. The number of nitrogens with zero attached hydrogens (tertiary/aromatic N) is 2. The van der Waals surface area contributed by atoms with E-state index in [1.54, 1.807) is 0 Å². The molecule has 0 atom stereocenters. The lowest BCUT2D eigenvalue weighted by molar-refractivity contribution is 0.563. The van der Waals surface area contributed by atoms with Crippen LogP contribution in [-0.4, -0.2) is 29.4 Å². The first-order valence-electron chi connectivity index (χ1n) is 1.98. The van der Waals surface area contributed by atoms with Crippen LogP contribution in [0.25, 0.3) is 0 Å². The summed E-state index contributed by atoms with van der Waals surface area (Å²) in [7, 11) is -5.81. The Hall–Kier alpha value is -1.07. The molecule has 0 aromatic carbocycles. The van der Waals surface area contributed by atoms with Gasteiger partial charge in [0.15, 0.2) is 0 Å². The van der Waals surface area contributed by atoms with Crippen LogP contribution < -0.4 is 0 Å². The van der Waals surface area contributed by atoms with Crippen molar-refractivity contribution in [1.82, 2.24) is 0 Å². The van der Waals surface area contributed by atoms with Crippen molar-refractivity contribution in [3.8, 4) is 0 Å². The van der Waals surface area contributed by atoms with E-state index < -0.39 is 18.3 Å². The summed E-state index contributed by atoms with van der Waals surface area (Å²) in [6, 6.07) is 0. The van der Waals surface area contributed by atoms with E-state index >= 15 is 0 Å². The highest BCUT2D eigenvalue weighted by Gasteiger charge is 2.06. The fourth-order valence-corrected chi connectivity index (χ4v) is 1.56. The molecule has 0 radical (unpaired) electrons. The molecule has 6 nitrogen and oxygen atoms in total. The highest BCUT2D eigenvalue weighted by molar-refractivity contribution is 8.14. The zero-order chi connectivity index (χ0) is 8.04. The van der Waals surface area contributed by atoms with Crippen LogP contribution >= 0.6 is 0 Å². The topological polar surface area (TPSA) is 93.0 Å². The third-order valence-corrected chi connectivity index (χ3v) is 3.16. The second-order valence-corrected chi connectivity index (χ2v) is 6.03. The zero-order valence-corrected chi connectivity index (χ0v) is 6.87. The Morgan fingerprint density at radius 3 is 2.20 bits per heavy atom. The summed E-state index contributed by atoms with van der Waals surface area (Å²) in [5.41, 5.74) is 0. The maximum atomic E-state index is 10.3. The Morgan fingerprint density at radius 2 is 1.80 bits per heavy atom. The molecule has 54 valence electrons. The van der Waals surface area contributed by atoms with Gasteiger partial charge in [-0.15, -0.1) is 0 Å². The van der Waals surface area contributed by atoms with Crippen LogP contribution in [-0.2, 0) is 19.1 Å². The van der Waals surface area contributed by atoms with Crippen LogP contribution in [0, 0.1) is 0 Å². The quantitative estimate of drug-likeness (QED) is 0.283. The molecular formula is C2H2N2O4SSi. The standard InChI is InChI=1S/C2H2N2O4SSi/c5-1-3-9(7,8)10-4-2-6/h10H2. The van der Waals surface area contributed by atoms with Crippen LogP contribution in [0.4, 0.5) is 0 Å². The molecule has 0 aliphatic rings. The molecule has 0 aromatic heterocycles. The maximum Gasteiger partial charge on any atom is 0.330 e. The summed E-state index contributed by atoms with van der Waals surface area (Å²) in [5, 5.41) is 0. The lowest BCUT2D eigenvalue weighted by Crippen LogP contribution is -2.03. The van der Waals surface area contributed by atoms with Gasteiger partial charge in [0.1, 0.15) is 0 Å². The fourth-order valence-electron chi connectivity index (χ4n) is 0.194. The number of isocyanates is 2. The number of hydrogen-bond acceptors (Lipinski definition) is 5. The van der Waals surface area contributed by atoms with Gasteiger partial charge in [-0.05, 0) is 0 Å². The molecule has 0 amide bonds. The molecule has 0 spiro atoms. The van der Waals surface area contributed by atoms with Crippen molar-refractivity contribution in [2.45, 2.75) is 0 Å². The first kappa shape index (κ1) is 8.93. The Morgan fingerprint density at radius 1 is 1.20 bits per heavy atom. The zero-order valence-electron chi connectivity index (χ0n) is 4.64. The van der Waals surface area contributed by atoms with Gasteiger partial charge in [-0.2, -0.15) is 0 Å². The van der Waals surface area contributed by atoms with Gasteiger partial charge < -0.3 is 0 Å². The highest BCUT2D eigenvalue weighted by Crippen LogP contribution is 1.85. The van der Waals surface area contributed by atoms with E-state index in [0.717, 1.165) is 12.2 Å².